The SMILES string of the molecule is COC(=O)CC1(CSCC(C)(C)C(=O)O)CC1. The number of aliphatic carboxylic acids is 1. The molecule has 0 heterocycles. The summed E-state index contributed by atoms with van der Waals surface area (Å²) in [6.45, 7) is 3.45. The summed E-state index contributed by atoms with van der Waals surface area (Å²) >= 11 is 1.62. The molecule has 0 aromatic carbocycles. The lowest BCUT2D eigenvalue weighted by Crippen LogP contribution is -2.27. The molecule has 4 nitrogen and oxygen atoms in total. The molecule has 1 N–H and O–H groups in total. The number of carboxylic acids is 1. The molecule has 0 amide bonds. The second-order valence-corrected chi connectivity index (χ2v) is 6.42. The Morgan fingerprint density at radius 3 is 2.41 bits per heavy atom. The van der Waals surface area contributed by atoms with Crippen molar-refractivity contribution in [1.82, 2.24) is 0 Å². The van der Waals surface area contributed by atoms with Crippen LogP contribution in [0, 0.1) is 10.8 Å². The summed E-state index contributed by atoms with van der Waals surface area (Å²) in [7, 11) is 1.40. The molecule has 5 heteroatoms. The molecule has 1 rings (SSSR count). The highest BCUT2D eigenvalue weighted by molar-refractivity contribution is 7.99. The highest BCUT2D eigenvalue weighted by Gasteiger charge is 2.44. The van der Waals surface area contributed by atoms with Crippen LogP contribution in [0.3, 0.4) is 0 Å². The van der Waals surface area contributed by atoms with Crippen molar-refractivity contribution in [2.75, 3.05) is 18.6 Å². The summed E-state index contributed by atoms with van der Waals surface area (Å²) in [5, 5.41) is 8.98. The van der Waals surface area contributed by atoms with Crippen LogP contribution in [0.5, 0.6) is 0 Å². The molecule has 0 bridgehead atoms. The van der Waals surface area contributed by atoms with Gasteiger partial charge >= 0.3 is 11.9 Å². The van der Waals surface area contributed by atoms with Crippen molar-refractivity contribution >= 4 is 23.7 Å². The van der Waals surface area contributed by atoms with E-state index in [-0.39, 0.29) is 11.4 Å². The Morgan fingerprint density at radius 1 is 1.41 bits per heavy atom. The normalized spacial score (nSPS) is 17.6. The smallest absolute Gasteiger partial charge is 0.309 e. The van der Waals surface area contributed by atoms with Crippen molar-refractivity contribution < 1.29 is 19.4 Å². The number of hydrogen-bond acceptors (Lipinski definition) is 4. The van der Waals surface area contributed by atoms with Crippen molar-refractivity contribution in [3.05, 3.63) is 0 Å². The lowest BCUT2D eigenvalue weighted by Gasteiger charge is -2.20. The van der Waals surface area contributed by atoms with Crippen molar-refractivity contribution in [3.8, 4) is 0 Å². The third-order valence-corrected chi connectivity index (χ3v) is 4.90. The average Bonchev–Trinajstić information content (AvgIpc) is 2.97. The van der Waals surface area contributed by atoms with Crippen LogP contribution in [0.15, 0.2) is 0 Å². The van der Waals surface area contributed by atoms with Crippen LogP contribution in [-0.4, -0.2) is 35.7 Å². The molecule has 0 aliphatic heterocycles. The van der Waals surface area contributed by atoms with Gasteiger partial charge in [-0.3, -0.25) is 9.59 Å². The van der Waals surface area contributed by atoms with Crippen LogP contribution in [0.1, 0.15) is 33.1 Å². The van der Waals surface area contributed by atoms with Gasteiger partial charge < -0.3 is 9.84 Å². The molecule has 1 saturated carbocycles. The molecule has 0 spiro atoms. The molecule has 0 saturated heterocycles. The molecule has 1 aliphatic carbocycles. The third kappa shape index (κ3) is 4.22. The van der Waals surface area contributed by atoms with Gasteiger partial charge in [0.2, 0.25) is 0 Å². The third-order valence-electron chi connectivity index (χ3n) is 3.15. The minimum Gasteiger partial charge on any atom is -0.481 e. The monoisotopic (exact) mass is 260 g/mol. The van der Waals surface area contributed by atoms with E-state index in [2.05, 4.69) is 4.74 Å². The van der Waals surface area contributed by atoms with E-state index in [1.807, 2.05) is 0 Å². The largest absolute Gasteiger partial charge is 0.481 e. The first-order valence-electron chi connectivity index (χ1n) is 5.69. The fraction of sp³-hybridized carbons (Fsp3) is 0.833. The van der Waals surface area contributed by atoms with Crippen LogP contribution in [-0.2, 0) is 14.3 Å². The highest BCUT2D eigenvalue weighted by atomic mass is 32.2. The Balaban J connectivity index is 2.32. The zero-order valence-electron chi connectivity index (χ0n) is 10.6. The number of esters is 1. The van der Waals surface area contributed by atoms with Crippen LogP contribution >= 0.6 is 11.8 Å². The van der Waals surface area contributed by atoms with Gasteiger partial charge in [-0.1, -0.05) is 0 Å². The van der Waals surface area contributed by atoms with Crippen LogP contribution < -0.4 is 0 Å². The van der Waals surface area contributed by atoms with E-state index in [4.69, 9.17) is 5.11 Å². The Bertz CT molecular complexity index is 308. The predicted octanol–water partition coefficient (Wildman–Crippen LogP) is 2.17. The van der Waals surface area contributed by atoms with E-state index in [9.17, 15) is 9.59 Å². The lowest BCUT2D eigenvalue weighted by atomic mass is 9.97. The quantitative estimate of drug-likeness (QED) is 0.711. The molecule has 98 valence electrons. The number of methoxy groups -OCH3 is 1. The summed E-state index contributed by atoms with van der Waals surface area (Å²) in [6.07, 6.45) is 2.55. The maximum atomic E-state index is 11.2. The number of rotatable bonds is 7. The summed E-state index contributed by atoms with van der Waals surface area (Å²) in [5.41, 5.74) is -0.627. The van der Waals surface area contributed by atoms with Crippen LogP contribution in [0.4, 0.5) is 0 Å². The summed E-state index contributed by atoms with van der Waals surface area (Å²) in [6, 6.07) is 0. The van der Waals surface area contributed by atoms with Gasteiger partial charge in [-0.15, -0.1) is 0 Å². The molecule has 17 heavy (non-hydrogen) atoms. The Kier molecular flexibility index (Phi) is 4.47. The molecular formula is C12H20O4S. The highest BCUT2D eigenvalue weighted by Crippen LogP contribution is 2.51. The second-order valence-electron chi connectivity index (χ2n) is 5.43. The molecule has 1 aliphatic rings. The van der Waals surface area contributed by atoms with Crippen molar-refractivity contribution in [2.24, 2.45) is 10.8 Å². The molecule has 0 radical (unpaired) electrons. The number of hydrogen-bond donors (Lipinski definition) is 1. The van der Waals surface area contributed by atoms with E-state index in [0.29, 0.717) is 12.2 Å². The Hall–Kier alpha value is -0.710. The van der Waals surface area contributed by atoms with E-state index >= 15 is 0 Å². The fourth-order valence-electron chi connectivity index (χ4n) is 1.51. The van der Waals surface area contributed by atoms with Crippen LogP contribution in [0.25, 0.3) is 0 Å². The van der Waals surface area contributed by atoms with E-state index in [0.717, 1.165) is 18.6 Å². The number of thioether (sulfide) groups is 1. The zero-order chi connectivity index (χ0) is 13.1. The van der Waals surface area contributed by atoms with Crippen molar-refractivity contribution in [1.29, 1.82) is 0 Å². The number of carbonyl (C=O) groups is 2. The zero-order valence-corrected chi connectivity index (χ0v) is 11.4. The standard InChI is InChI=1S/C12H20O4S/c1-11(2,10(14)15)7-17-8-12(4-5-12)6-9(13)16-3/h4-8H2,1-3H3,(H,14,15). The van der Waals surface area contributed by atoms with Gasteiger partial charge in [-0.05, 0) is 37.9 Å². The second kappa shape index (κ2) is 5.29. The minimum absolute atomic E-state index is 0.0757. The molecule has 0 atom stereocenters. The fourth-order valence-corrected chi connectivity index (χ4v) is 3.07. The summed E-state index contributed by atoms with van der Waals surface area (Å²) < 4.78 is 4.67. The number of carbonyl (C=O) groups excluding carboxylic acids is 1. The topological polar surface area (TPSA) is 63.6 Å². The van der Waals surface area contributed by atoms with Crippen molar-refractivity contribution in [3.63, 3.8) is 0 Å². The summed E-state index contributed by atoms with van der Waals surface area (Å²) in [5.74, 6) is 0.479. The van der Waals surface area contributed by atoms with E-state index < -0.39 is 11.4 Å². The van der Waals surface area contributed by atoms with E-state index in [1.54, 1.807) is 25.6 Å². The first-order valence-corrected chi connectivity index (χ1v) is 6.85. The van der Waals surface area contributed by atoms with Crippen LogP contribution in [0.2, 0.25) is 0 Å². The van der Waals surface area contributed by atoms with Crippen molar-refractivity contribution in [2.45, 2.75) is 33.1 Å². The van der Waals surface area contributed by atoms with Gasteiger partial charge in [0, 0.05) is 5.75 Å². The van der Waals surface area contributed by atoms with Gasteiger partial charge in [0.05, 0.1) is 18.9 Å². The van der Waals surface area contributed by atoms with E-state index in [1.165, 1.54) is 7.11 Å². The molecule has 0 unspecified atom stereocenters. The van der Waals surface area contributed by atoms with Gasteiger partial charge in [-0.2, -0.15) is 11.8 Å². The maximum absolute atomic E-state index is 11.2. The maximum Gasteiger partial charge on any atom is 0.309 e. The first kappa shape index (κ1) is 14.4. The van der Waals surface area contributed by atoms with Gasteiger partial charge in [0.25, 0.3) is 0 Å². The number of ether oxygens (including phenoxy) is 1. The van der Waals surface area contributed by atoms with Gasteiger partial charge in [0.1, 0.15) is 0 Å². The Labute approximate surface area is 106 Å². The summed E-state index contributed by atoms with van der Waals surface area (Å²) in [4.78, 5) is 22.1. The molecule has 0 aromatic heterocycles. The van der Waals surface area contributed by atoms with Gasteiger partial charge in [0.15, 0.2) is 0 Å². The predicted molar refractivity (Wildman–Crippen MR) is 67.0 cm³/mol. The Morgan fingerprint density at radius 2 is 2.00 bits per heavy atom. The van der Waals surface area contributed by atoms with Gasteiger partial charge in [-0.25, -0.2) is 0 Å². The molecule has 0 aromatic rings. The molecule has 1 fully saturated rings. The minimum atomic E-state index is -0.775. The lowest BCUT2D eigenvalue weighted by molar-refractivity contribution is -0.145. The first-order chi connectivity index (χ1) is 7.81. The average molecular weight is 260 g/mol. The molecular weight excluding hydrogens is 240 g/mol. The number of carboxylic acid groups (broad SMARTS) is 1.